The minimum atomic E-state index is -3.84. The summed E-state index contributed by atoms with van der Waals surface area (Å²) in [6.07, 6.45) is 1.68. The third kappa shape index (κ3) is 4.06. The van der Waals surface area contributed by atoms with Crippen LogP contribution >= 0.6 is 0 Å². The monoisotopic (exact) mass is 491 g/mol. The maximum atomic E-state index is 13.5. The second-order valence-corrected chi connectivity index (χ2v) is 10.2. The number of carbonyl (C=O) groups excluding carboxylic acids is 1. The van der Waals surface area contributed by atoms with Crippen molar-refractivity contribution in [2.75, 3.05) is 40.4 Å². The molecule has 1 fully saturated rings. The Morgan fingerprint density at radius 1 is 0.886 bits per heavy atom. The molecule has 1 amide bonds. The van der Waals surface area contributed by atoms with Gasteiger partial charge < -0.3 is 14.4 Å². The van der Waals surface area contributed by atoms with Crippen molar-refractivity contribution < 1.29 is 22.7 Å². The second kappa shape index (κ2) is 9.16. The normalized spacial score (nSPS) is 14.9. The fourth-order valence-corrected chi connectivity index (χ4v) is 6.11. The Hall–Kier alpha value is -3.69. The van der Waals surface area contributed by atoms with Crippen molar-refractivity contribution in [3.05, 3.63) is 72.4 Å². The molecule has 5 rings (SSSR count). The van der Waals surface area contributed by atoms with Gasteiger partial charge >= 0.3 is 0 Å². The lowest BCUT2D eigenvalue weighted by Crippen LogP contribution is -2.50. The summed E-state index contributed by atoms with van der Waals surface area (Å²) >= 11 is 0. The zero-order valence-corrected chi connectivity index (χ0v) is 20.3. The third-order valence-electron chi connectivity index (χ3n) is 6.36. The molecule has 1 aromatic heterocycles. The Morgan fingerprint density at radius 3 is 2.37 bits per heavy atom. The number of sulfonamides is 1. The number of nitrogens with zero attached hydrogens (tertiary/aromatic N) is 3. The van der Waals surface area contributed by atoms with Crippen LogP contribution in [0.25, 0.3) is 21.7 Å². The zero-order chi connectivity index (χ0) is 24.6. The van der Waals surface area contributed by atoms with Crippen LogP contribution in [0.15, 0.2) is 71.8 Å². The number of rotatable bonds is 5. The first-order valence-electron chi connectivity index (χ1n) is 11.2. The van der Waals surface area contributed by atoms with Gasteiger partial charge in [0.05, 0.1) is 25.3 Å². The van der Waals surface area contributed by atoms with Crippen LogP contribution in [-0.2, 0) is 10.0 Å². The van der Waals surface area contributed by atoms with Crippen LogP contribution in [0.5, 0.6) is 11.5 Å². The van der Waals surface area contributed by atoms with Gasteiger partial charge in [0.15, 0.2) is 0 Å². The van der Waals surface area contributed by atoms with Crippen molar-refractivity contribution in [3.8, 4) is 11.5 Å². The molecule has 180 valence electrons. The molecule has 0 N–H and O–H groups in total. The highest BCUT2D eigenvalue weighted by Crippen LogP contribution is 2.32. The molecular weight excluding hydrogens is 466 g/mol. The molecule has 0 spiro atoms. The van der Waals surface area contributed by atoms with E-state index in [4.69, 9.17) is 9.47 Å². The number of carbonyl (C=O) groups is 1. The summed E-state index contributed by atoms with van der Waals surface area (Å²) in [6.45, 7) is 0.887. The Labute approximate surface area is 203 Å². The zero-order valence-electron chi connectivity index (χ0n) is 19.5. The number of hydrogen-bond acceptors (Lipinski definition) is 6. The van der Waals surface area contributed by atoms with Gasteiger partial charge in [0.25, 0.3) is 5.91 Å². The van der Waals surface area contributed by atoms with Gasteiger partial charge in [-0.05, 0) is 35.0 Å². The van der Waals surface area contributed by atoms with Crippen molar-refractivity contribution in [2.45, 2.75) is 4.90 Å². The van der Waals surface area contributed by atoms with Gasteiger partial charge in [-0.25, -0.2) is 8.42 Å². The first-order chi connectivity index (χ1) is 16.9. The molecular formula is C26H25N3O5S. The maximum Gasteiger partial charge on any atom is 0.256 e. The first kappa shape index (κ1) is 23.1. The van der Waals surface area contributed by atoms with E-state index in [1.54, 1.807) is 23.2 Å². The smallest absolute Gasteiger partial charge is 0.256 e. The summed E-state index contributed by atoms with van der Waals surface area (Å²) < 4.78 is 38.6. The Balaban J connectivity index is 1.41. The van der Waals surface area contributed by atoms with Crippen LogP contribution in [0, 0.1) is 0 Å². The number of amides is 1. The van der Waals surface area contributed by atoms with Crippen LogP contribution in [0.3, 0.4) is 0 Å². The molecule has 9 heteroatoms. The Morgan fingerprint density at radius 2 is 1.63 bits per heavy atom. The fraction of sp³-hybridized carbons (Fsp3) is 0.231. The molecule has 1 saturated heterocycles. The van der Waals surface area contributed by atoms with Crippen molar-refractivity contribution >= 4 is 37.6 Å². The number of piperazine rings is 1. The predicted octanol–water partition coefficient (Wildman–Crippen LogP) is 3.55. The van der Waals surface area contributed by atoms with Gasteiger partial charge in [-0.3, -0.25) is 9.78 Å². The molecule has 1 aliphatic rings. The molecule has 0 bridgehead atoms. The minimum Gasteiger partial charge on any atom is -0.497 e. The van der Waals surface area contributed by atoms with Crippen LogP contribution in [0.4, 0.5) is 0 Å². The predicted molar refractivity (Wildman–Crippen MR) is 133 cm³/mol. The largest absolute Gasteiger partial charge is 0.497 e. The molecule has 0 unspecified atom stereocenters. The molecule has 0 atom stereocenters. The van der Waals surface area contributed by atoms with Gasteiger partial charge in [0, 0.05) is 43.8 Å². The summed E-state index contributed by atoms with van der Waals surface area (Å²) in [5, 5.41) is 2.92. The lowest BCUT2D eigenvalue weighted by atomic mass is 10.00. The van der Waals surface area contributed by atoms with Gasteiger partial charge in [-0.15, -0.1) is 0 Å². The summed E-state index contributed by atoms with van der Waals surface area (Å²) in [5.74, 6) is 0.516. The van der Waals surface area contributed by atoms with E-state index in [0.29, 0.717) is 16.8 Å². The highest BCUT2D eigenvalue weighted by Gasteiger charge is 2.33. The van der Waals surface area contributed by atoms with E-state index in [2.05, 4.69) is 4.98 Å². The molecule has 3 aromatic carbocycles. The molecule has 8 nitrogen and oxygen atoms in total. The minimum absolute atomic E-state index is 0.0452. The molecule has 0 aliphatic carbocycles. The number of methoxy groups -OCH3 is 2. The summed E-state index contributed by atoms with van der Waals surface area (Å²) in [7, 11) is -0.927. The molecule has 2 heterocycles. The Kier molecular flexibility index (Phi) is 6.04. The highest BCUT2D eigenvalue weighted by atomic mass is 32.2. The summed E-state index contributed by atoms with van der Waals surface area (Å²) in [5.41, 5.74) is 1.16. The van der Waals surface area contributed by atoms with Crippen molar-refractivity contribution in [1.29, 1.82) is 0 Å². The van der Waals surface area contributed by atoms with Crippen molar-refractivity contribution in [3.63, 3.8) is 0 Å². The molecule has 4 aromatic rings. The van der Waals surface area contributed by atoms with Gasteiger partial charge in [0.2, 0.25) is 10.0 Å². The van der Waals surface area contributed by atoms with Crippen molar-refractivity contribution in [2.24, 2.45) is 0 Å². The molecule has 35 heavy (non-hydrogen) atoms. The highest BCUT2D eigenvalue weighted by molar-refractivity contribution is 7.89. The standard InChI is InChI=1S/C26H25N3O5S/c1-33-19-9-10-23(34-2)24(17-19)35(31,32)29-14-12-28(13-15-29)26(30)22-16-18-6-3-4-7-20(18)21-8-5-11-27-25(21)22/h3-11,16-17H,12-15H2,1-2H3. The fourth-order valence-electron chi connectivity index (χ4n) is 4.52. The summed E-state index contributed by atoms with van der Waals surface area (Å²) in [6, 6.07) is 18.3. The van der Waals surface area contributed by atoms with Gasteiger partial charge in [0.1, 0.15) is 16.4 Å². The molecule has 1 aliphatic heterocycles. The first-order valence-corrected chi connectivity index (χ1v) is 12.7. The average Bonchev–Trinajstić information content (AvgIpc) is 2.91. The maximum absolute atomic E-state index is 13.5. The van der Waals surface area contributed by atoms with E-state index in [-0.39, 0.29) is 42.7 Å². The molecule has 0 radical (unpaired) electrons. The number of pyridine rings is 1. The third-order valence-corrected chi connectivity index (χ3v) is 8.28. The van der Waals surface area contributed by atoms with Crippen LogP contribution in [-0.4, -0.2) is 68.9 Å². The second-order valence-electron chi connectivity index (χ2n) is 8.26. The van der Waals surface area contributed by atoms with E-state index < -0.39 is 10.0 Å². The van der Waals surface area contributed by atoms with E-state index in [1.165, 1.54) is 24.6 Å². The van der Waals surface area contributed by atoms with Crippen molar-refractivity contribution in [1.82, 2.24) is 14.2 Å². The van der Waals surface area contributed by atoms with Crippen LogP contribution in [0.2, 0.25) is 0 Å². The lowest BCUT2D eigenvalue weighted by Gasteiger charge is -2.34. The number of ether oxygens (including phenoxy) is 2. The number of aromatic nitrogens is 1. The summed E-state index contributed by atoms with van der Waals surface area (Å²) in [4.78, 5) is 19.8. The van der Waals surface area contributed by atoms with Gasteiger partial charge in [-0.2, -0.15) is 4.31 Å². The lowest BCUT2D eigenvalue weighted by molar-refractivity contribution is 0.0699. The average molecular weight is 492 g/mol. The van der Waals surface area contributed by atoms with Gasteiger partial charge in [-0.1, -0.05) is 30.3 Å². The molecule has 0 saturated carbocycles. The van der Waals surface area contributed by atoms with E-state index in [0.717, 1.165) is 16.2 Å². The topological polar surface area (TPSA) is 89.0 Å². The number of benzene rings is 3. The van der Waals surface area contributed by atoms with Crippen LogP contribution in [0.1, 0.15) is 10.4 Å². The number of hydrogen-bond donors (Lipinski definition) is 0. The van der Waals surface area contributed by atoms with E-state index in [9.17, 15) is 13.2 Å². The van der Waals surface area contributed by atoms with Crippen LogP contribution < -0.4 is 9.47 Å². The Bertz CT molecular complexity index is 1530. The van der Waals surface area contributed by atoms with E-state index >= 15 is 0 Å². The quantitative estimate of drug-likeness (QED) is 0.397. The van der Waals surface area contributed by atoms with E-state index in [1.807, 2.05) is 42.5 Å². The number of fused-ring (bicyclic) bond motifs is 3. The SMILES string of the molecule is COc1ccc(OC)c(S(=O)(=O)N2CCN(C(=O)c3cc4ccccc4c4cccnc34)CC2)c1.